The van der Waals surface area contributed by atoms with Gasteiger partial charge >= 0.3 is 0 Å². The van der Waals surface area contributed by atoms with Gasteiger partial charge in [0.2, 0.25) is 5.91 Å². The van der Waals surface area contributed by atoms with Crippen LogP contribution in [0.2, 0.25) is 0 Å². The van der Waals surface area contributed by atoms with Gasteiger partial charge in [-0.1, -0.05) is 0 Å². The summed E-state index contributed by atoms with van der Waals surface area (Å²) in [6.45, 7) is 9.89. The number of aromatic nitrogens is 1. The minimum absolute atomic E-state index is 0.137. The number of rotatable bonds is 5. The standard InChI is InChI=1S/C12H21N3O/c1-5-14(6-2)12(16)9-13-15-10(3)7-8-11(15)4/h7-8,13H,5-6,9H2,1-4H3. The van der Waals surface area contributed by atoms with Gasteiger partial charge in [0, 0.05) is 24.5 Å². The van der Waals surface area contributed by atoms with E-state index in [1.54, 1.807) is 0 Å². The van der Waals surface area contributed by atoms with Gasteiger partial charge in [0.15, 0.2) is 0 Å². The number of amides is 1. The number of hydrogen-bond acceptors (Lipinski definition) is 2. The Labute approximate surface area is 97.2 Å². The fourth-order valence-corrected chi connectivity index (χ4v) is 1.75. The zero-order valence-electron chi connectivity index (χ0n) is 10.6. The monoisotopic (exact) mass is 223 g/mol. The second-order valence-corrected chi connectivity index (χ2v) is 3.85. The Kier molecular flexibility index (Phi) is 4.40. The van der Waals surface area contributed by atoms with Crippen molar-refractivity contribution in [3.05, 3.63) is 23.5 Å². The Morgan fingerprint density at radius 2 is 1.75 bits per heavy atom. The van der Waals surface area contributed by atoms with E-state index in [4.69, 9.17) is 0 Å². The van der Waals surface area contributed by atoms with Crippen LogP contribution in [0.25, 0.3) is 0 Å². The number of carbonyl (C=O) groups is 1. The molecule has 1 N–H and O–H groups in total. The summed E-state index contributed by atoms with van der Waals surface area (Å²) in [7, 11) is 0. The van der Waals surface area contributed by atoms with Crippen LogP contribution < -0.4 is 5.43 Å². The predicted octanol–water partition coefficient (Wildman–Crippen LogP) is 1.52. The first-order valence-electron chi connectivity index (χ1n) is 5.76. The summed E-state index contributed by atoms with van der Waals surface area (Å²) in [5.74, 6) is 0.137. The van der Waals surface area contributed by atoms with E-state index in [0.717, 1.165) is 24.5 Å². The van der Waals surface area contributed by atoms with E-state index >= 15 is 0 Å². The molecule has 0 aliphatic carbocycles. The zero-order chi connectivity index (χ0) is 12.1. The maximum absolute atomic E-state index is 11.8. The van der Waals surface area contributed by atoms with Crippen molar-refractivity contribution in [2.24, 2.45) is 0 Å². The van der Waals surface area contributed by atoms with Crippen LogP contribution in [0.15, 0.2) is 12.1 Å². The van der Waals surface area contributed by atoms with E-state index in [2.05, 4.69) is 5.43 Å². The molecule has 4 heteroatoms. The molecule has 1 rings (SSSR count). The normalized spacial score (nSPS) is 10.2. The Hall–Kier alpha value is -1.45. The number of carbonyl (C=O) groups excluding carboxylic acids is 1. The zero-order valence-corrected chi connectivity index (χ0v) is 10.6. The van der Waals surface area contributed by atoms with Gasteiger partial charge in [0.1, 0.15) is 6.54 Å². The van der Waals surface area contributed by atoms with Crippen LogP contribution in [0.5, 0.6) is 0 Å². The lowest BCUT2D eigenvalue weighted by Crippen LogP contribution is -2.37. The van der Waals surface area contributed by atoms with Crippen molar-refractivity contribution in [2.75, 3.05) is 25.1 Å². The third-order valence-corrected chi connectivity index (χ3v) is 2.78. The fraction of sp³-hybridized carbons (Fsp3) is 0.583. The molecule has 0 radical (unpaired) electrons. The number of likely N-dealkylation sites (N-methyl/N-ethyl adjacent to an activating group) is 1. The Morgan fingerprint density at radius 1 is 1.25 bits per heavy atom. The highest BCUT2D eigenvalue weighted by Gasteiger charge is 2.09. The highest BCUT2D eigenvalue weighted by Crippen LogP contribution is 2.03. The van der Waals surface area contributed by atoms with E-state index in [9.17, 15) is 4.79 Å². The molecule has 0 fully saturated rings. The lowest BCUT2D eigenvalue weighted by Gasteiger charge is -2.20. The molecule has 0 unspecified atom stereocenters. The fourth-order valence-electron chi connectivity index (χ4n) is 1.75. The van der Waals surface area contributed by atoms with Crippen LogP contribution >= 0.6 is 0 Å². The van der Waals surface area contributed by atoms with Crippen molar-refractivity contribution >= 4 is 5.91 Å². The lowest BCUT2D eigenvalue weighted by molar-refractivity contribution is -0.129. The average Bonchev–Trinajstić information content (AvgIpc) is 2.58. The van der Waals surface area contributed by atoms with Gasteiger partial charge in [-0.25, -0.2) is 0 Å². The molecule has 1 aromatic heterocycles. The molecule has 1 aromatic rings. The number of nitrogens with one attached hydrogen (secondary N) is 1. The maximum Gasteiger partial charge on any atom is 0.243 e. The summed E-state index contributed by atoms with van der Waals surface area (Å²) >= 11 is 0. The first kappa shape index (κ1) is 12.6. The lowest BCUT2D eigenvalue weighted by atomic mass is 10.4. The topological polar surface area (TPSA) is 37.3 Å². The average molecular weight is 223 g/mol. The molecule has 0 aliphatic rings. The molecule has 90 valence electrons. The summed E-state index contributed by atoms with van der Waals surface area (Å²) in [6, 6.07) is 4.06. The summed E-state index contributed by atoms with van der Waals surface area (Å²) < 4.78 is 1.95. The van der Waals surface area contributed by atoms with Gasteiger partial charge in [-0.05, 0) is 39.8 Å². The summed E-state index contributed by atoms with van der Waals surface area (Å²) in [6.07, 6.45) is 0. The van der Waals surface area contributed by atoms with Crippen LogP contribution in [0.1, 0.15) is 25.2 Å². The molecule has 16 heavy (non-hydrogen) atoms. The highest BCUT2D eigenvalue weighted by molar-refractivity contribution is 5.79. The van der Waals surface area contributed by atoms with Gasteiger partial charge in [0.05, 0.1) is 0 Å². The van der Waals surface area contributed by atoms with E-state index < -0.39 is 0 Å². The molecule has 0 saturated carbocycles. The quantitative estimate of drug-likeness (QED) is 0.821. The van der Waals surface area contributed by atoms with E-state index in [1.807, 2.05) is 49.4 Å². The molecular weight excluding hydrogens is 202 g/mol. The molecule has 4 nitrogen and oxygen atoms in total. The summed E-state index contributed by atoms with van der Waals surface area (Å²) in [5.41, 5.74) is 5.37. The maximum atomic E-state index is 11.8. The Bertz CT molecular complexity index is 334. The first-order valence-corrected chi connectivity index (χ1v) is 5.76. The molecule has 0 aliphatic heterocycles. The molecule has 0 aromatic carbocycles. The van der Waals surface area contributed by atoms with Gasteiger partial charge < -0.3 is 10.3 Å². The summed E-state index contributed by atoms with van der Waals surface area (Å²) in [5, 5.41) is 0. The number of aryl methyl sites for hydroxylation is 2. The third-order valence-electron chi connectivity index (χ3n) is 2.78. The second kappa shape index (κ2) is 5.58. The van der Waals surface area contributed by atoms with Gasteiger partial charge in [-0.2, -0.15) is 0 Å². The van der Waals surface area contributed by atoms with Crippen molar-refractivity contribution < 1.29 is 4.79 Å². The molecule has 0 spiro atoms. The van der Waals surface area contributed by atoms with E-state index in [1.165, 1.54) is 0 Å². The summed E-state index contributed by atoms with van der Waals surface area (Å²) in [4.78, 5) is 13.6. The second-order valence-electron chi connectivity index (χ2n) is 3.85. The molecule has 1 amide bonds. The minimum atomic E-state index is 0.137. The van der Waals surface area contributed by atoms with Crippen molar-refractivity contribution in [1.29, 1.82) is 0 Å². The smallest absolute Gasteiger partial charge is 0.243 e. The first-order chi connectivity index (χ1) is 7.60. The SMILES string of the molecule is CCN(CC)C(=O)CNn1c(C)ccc1C. The number of nitrogens with zero attached hydrogens (tertiary/aromatic N) is 2. The van der Waals surface area contributed by atoms with Crippen LogP contribution in [-0.2, 0) is 4.79 Å². The van der Waals surface area contributed by atoms with Gasteiger partial charge in [0.25, 0.3) is 0 Å². The van der Waals surface area contributed by atoms with Crippen molar-refractivity contribution in [1.82, 2.24) is 9.58 Å². The molecule has 0 saturated heterocycles. The molecule has 0 atom stereocenters. The van der Waals surface area contributed by atoms with Gasteiger partial charge in [-0.15, -0.1) is 0 Å². The molecule has 0 bridgehead atoms. The van der Waals surface area contributed by atoms with Crippen LogP contribution in [-0.4, -0.2) is 35.1 Å². The predicted molar refractivity (Wildman–Crippen MR) is 66.1 cm³/mol. The third kappa shape index (κ3) is 2.78. The van der Waals surface area contributed by atoms with E-state index in [0.29, 0.717) is 6.54 Å². The van der Waals surface area contributed by atoms with Crippen LogP contribution in [0, 0.1) is 13.8 Å². The van der Waals surface area contributed by atoms with Crippen LogP contribution in [0.3, 0.4) is 0 Å². The molecular formula is C12H21N3O. The highest BCUT2D eigenvalue weighted by atomic mass is 16.2. The van der Waals surface area contributed by atoms with Crippen molar-refractivity contribution in [3.8, 4) is 0 Å². The number of hydrogen-bond donors (Lipinski definition) is 1. The largest absolute Gasteiger partial charge is 0.342 e. The van der Waals surface area contributed by atoms with Crippen LogP contribution in [0.4, 0.5) is 0 Å². The van der Waals surface area contributed by atoms with Crippen molar-refractivity contribution in [3.63, 3.8) is 0 Å². The van der Waals surface area contributed by atoms with Gasteiger partial charge in [-0.3, -0.25) is 9.47 Å². The molecule has 1 heterocycles. The Morgan fingerprint density at radius 3 is 2.19 bits per heavy atom. The Balaban J connectivity index is 2.55. The van der Waals surface area contributed by atoms with E-state index in [-0.39, 0.29) is 5.91 Å². The van der Waals surface area contributed by atoms with Crippen molar-refractivity contribution in [2.45, 2.75) is 27.7 Å². The minimum Gasteiger partial charge on any atom is -0.342 e.